The molecule has 0 aromatic heterocycles. The summed E-state index contributed by atoms with van der Waals surface area (Å²) in [4.78, 5) is 13.3. The summed E-state index contributed by atoms with van der Waals surface area (Å²) < 4.78 is 5.45. The predicted molar refractivity (Wildman–Crippen MR) is 72.0 cm³/mol. The molecule has 0 saturated carbocycles. The fraction of sp³-hybridized carbons (Fsp3) is 0.500. The van der Waals surface area contributed by atoms with Crippen LogP contribution in [0.5, 0.6) is 5.75 Å². The number of carbonyl (C=O) groups is 1. The zero-order chi connectivity index (χ0) is 13.8. The van der Waals surface area contributed by atoms with Crippen LogP contribution in [0.25, 0.3) is 0 Å². The summed E-state index contributed by atoms with van der Waals surface area (Å²) in [5, 5.41) is 8.86. The van der Waals surface area contributed by atoms with E-state index >= 15 is 0 Å². The Bertz CT molecular complexity index is 462. The number of nitrogens with zero attached hydrogens (tertiary/aromatic N) is 1. The summed E-state index contributed by atoms with van der Waals surface area (Å²) in [6.45, 7) is 1.02. The number of fused-ring (bicyclic) bond motifs is 1. The molecule has 0 bridgehead atoms. The van der Waals surface area contributed by atoms with Crippen LogP contribution in [-0.2, 0) is 17.6 Å². The van der Waals surface area contributed by atoms with Crippen LogP contribution in [0.2, 0.25) is 0 Å². The highest BCUT2D eigenvalue weighted by Gasteiger charge is 2.17. The number of amides is 1. The molecule has 1 aliphatic heterocycles. The first-order valence-electron chi connectivity index (χ1n) is 6.48. The molecule has 1 amide bonds. The van der Waals surface area contributed by atoms with Crippen molar-refractivity contribution in [3.8, 4) is 5.75 Å². The highest BCUT2D eigenvalue weighted by Crippen LogP contribution is 2.25. The van der Waals surface area contributed by atoms with Gasteiger partial charge in [-0.05, 0) is 23.6 Å². The number of aliphatic hydroxyl groups is 1. The first kappa shape index (κ1) is 13.8. The maximum atomic E-state index is 11.7. The molecular formula is C14H20N2O3. The minimum Gasteiger partial charge on any atom is -0.493 e. The minimum absolute atomic E-state index is 0.230. The lowest BCUT2D eigenvalue weighted by atomic mass is 10.1. The van der Waals surface area contributed by atoms with Crippen molar-refractivity contribution < 1.29 is 14.6 Å². The second kappa shape index (κ2) is 6.04. The monoisotopic (exact) mass is 264 g/mol. The molecule has 3 N–H and O–H groups in total. The lowest BCUT2D eigenvalue weighted by Gasteiger charge is -2.20. The largest absolute Gasteiger partial charge is 0.493 e. The molecule has 0 aliphatic carbocycles. The van der Waals surface area contributed by atoms with E-state index in [-0.39, 0.29) is 12.5 Å². The van der Waals surface area contributed by atoms with Gasteiger partial charge in [-0.15, -0.1) is 0 Å². The molecule has 2 rings (SSSR count). The van der Waals surface area contributed by atoms with E-state index in [2.05, 4.69) is 6.07 Å². The van der Waals surface area contributed by atoms with E-state index in [9.17, 15) is 4.79 Å². The van der Waals surface area contributed by atoms with Gasteiger partial charge in [0.2, 0.25) is 5.91 Å². The Morgan fingerprint density at radius 2 is 2.37 bits per heavy atom. The third kappa shape index (κ3) is 3.24. The summed E-state index contributed by atoms with van der Waals surface area (Å²) >= 11 is 0. The Kier molecular flexibility index (Phi) is 4.39. The molecule has 104 valence electrons. The zero-order valence-corrected chi connectivity index (χ0v) is 11.1. The predicted octanol–water partition coefficient (Wildman–Crippen LogP) is -0.0580. The van der Waals surface area contributed by atoms with Gasteiger partial charge in [0.25, 0.3) is 0 Å². The van der Waals surface area contributed by atoms with Crippen molar-refractivity contribution >= 4 is 5.91 Å². The summed E-state index contributed by atoms with van der Waals surface area (Å²) in [5.41, 5.74) is 7.92. The Morgan fingerprint density at radius 3 is 3.11 bits per heavy atom. The highest BCUT2D eigenvalue weighted by atomic mass is 16.5. The fourth-order valence-electron chi connectivity index (χ4n) is 2.16. The van der Waals surface area contributed by atoms with Crippen LogP contribution in [0.4, 0.5) is 0 Å². The normalized spacial score (nSPS) is 14.7. The van der Waals surface area contributed by atoms with Gasteiger partial charge in [-0.1, -0.05) is 12.1 Å². The van der Waals surface area contributed by atoms with Crippen LogP contribution in [0.1, 0.15) is 11.1 Å². The number of benzene rings is 1. The van der Waals surface area contributed by atoms with Crippen molar-refractivity contribution in [2.45, 2.75) is 18.9 Å². The highest BCUT2D eigenvalue weighted by molar-refractivity contribution is 5.81. The lowest BCUT2D eigenvalue weighted by Crippen LogP contribution is -2.44. The molecule has 5 heteroatoms. The maximum Gasteiger partial charge on any atom is 0.241 e. The molecule has 0 saturated heterocycles. The van der Waals surface area contributed by atoms with Gasteiger partial charge in [0, 0.05) is 20.0 Å². The van der Waals surface area contributed by atoms with Gasteiger partial charge in [0.15, 0.2) is 0 Å². The van der Waals surface area contributed by atoms with Crippen LogP contribution in [0, 0.1) is 0 Å². The Balaban J connectivity index is 1.90. The van der Waals surface area contributed by atoms with E-state index in [1.165, 1.54) is 11.1 Å². The molecule has 0 spiro atoms. The average molecular weight is 264 g/mol. The van der Waals surface area contributed by atoms with Crippen LogP contribution in [0.15, 0.2) is 18.2 Å². The van der Waals surface area contributed by atoms with Gasteiger partial charge in [0.1, 0.15) is 11.8 Å². The van der Waals surface area contributed by atoms with Crippen molar-refractivity contribution in [1.29, 1.82) is 0 Å². The van der Waals surface area contributed by atoms with E-state index in [1.807, 2.05) is 12.1 Å². The van der Waals surface area contributed by atoms with E-state index < -0.39 is 6.04 Å². The van der Waals surface area contributed by atoms with Crippen molar-refractivity contribution in [2.75, 3.05) is 26.8 Å². The Hall–Kier alpha value is -1.59. The van der Waals surface area contributed by atoms with Gasteiger partial charge in [-0.25, -0.2) is 0 Å². The van der Waals surface area contributed by atoms with E-state index in [0.29, 0.717) is 6.54 Å². The molecule has 1 atom stereocenters. The van der Waals surface area contributed by atoms with E-state index in [1.54, 1.807) is 11.9 Å². The summed E-state index contributed by atoms with van der Waals surface area (Å²) in [6.07, 6.45) is 1.72. The van der Waals surface area contributed by atoms with Gasteiger partial charge in [-0.3, -0.25) is 4.79 Å². The van der Waals surface area contributed by atoms with Gasteiger partial charge in [-0.2, -0.15) is 0 Å². The summed E-state index contributed by atoms with van der Waals surface area (Å²) in [7, 11) is 1.70. The molecule has 1 aromatic carbocycles. The number of aliphatic hydroxyl groups excluding tert-OH is 1. The van der Waals surface area contributed by atoms with E-state index in [0.717, 1.165) is 25.2 Å². The SMILES string of the molecule is CN(CCc1ccc2c(c1)CCO2)C(=O)C(N)CO. The van der Waals surface area contributed by atoms with Crippen LogP contribution >= 0.6 is 0 Å². The minimum atomic E-state index is -0.821. The molecule has 1 heterocycles. The van der Waals surface area contributed by atoms with Crippen molar-refractivity contribution in [3.63, 3.8) is 0 Å². The quantitative estimate of drug-likeness (QED) is 0.781. The van der Waals surface area contributed by atoms with Crippen LogP contribution in [-0.4, -0.2) is 48.8 Å². The Labute approximate surface area is 113 Å². The summed E-state index contributed by atoms with van der Waals surface area (Å²) in [6, 6.07) is 5.32. The number of rotatable bonds is 5. The third-order valence-electron chi connectivity index (χ3n) is 3.38. The second-order valence-corrected chi connectivity index (χ2v) is 4.84. The summed E-state index contributed by atoms with van der Waals surface area (Å²) in [5.74, 6) is 0.738. The van der Waals surface area contributed by atoms with Crippen LogP contribution < -0.4 is 10.5 Å². The first-order valence-corrected chi connectivity index (χ1v) is 6.48. The molecular weight excluding hydrogens is 244 g/mol. The fourth-order valence-corrected chi connectivity index (χ4v) is 2.16. The van der Waals surface area contributed by atoms with Gasteiger partial charge >= 0.3 is 0 Å². The molecule has 1 aliphatic rings. The number of nitrogens with two attached hydrogens (primary N) is 1. The Morgan fingerprint density at radius 1 is 1.58 bits per heavy atom. The molecule has 1 aromatic rings. The number of likely N-dealkylation sites (N-methyl/N-ethyl adjacent to an activating group) is 1. The average Bonchev–Trinajstić information content (AvgIpc) is 2.90. The molecule has 19 heavy (non-hydrogen) atoms. The number of hydrogen-bond acceptors (Lipinski definition) is 4. The van der Waals surface area contributed by atoms with Gasteiger partial charge in [0.05, 0.1) is 13.2 Å². The lowest BCUT2D eigenvalue weighted by molar-refractivity contribution is -0.132. The van der Waals surface area contributed by atoms with Crippen molar-refractivity contribution in [2.24, 2.45) is 5.73 Å². The standard InChI is InChI=1S/C14H20N2O3/c1-16(14(18)12(15)9-17)6-4-10-2-3-13-11(8-10)5-7-19-13/h2-3,8,12,17H,4-7,9,15H2,1H3. The zero-order valence-electron chi connectivity index (χ0n) is 11.1. The van der Waals surface area contributed by atoms with Gasteiger partial charge < -0.3 is 20.5 Å². The molecule has 5 nitrogen and oxygen atoms in total. The molecule has 0 radical (unpaired) electrons. The molecule has 0 fully saturated rings. The smallest absolute Gasteiger partial charge is 0.241 e. The van der Waals surface area contributed by atoms with Crippen molar-refractivity contribution in [3.05, 3.63) is 29.3 Å². The van der Waals surface area contributed by atoms with E-state index in [4.69, 9.17) is 15.6 Å². The molecule has 1 unspecified atom stereocenters. The van der Waals surface area contributed by atoms with Crippen LogP contribution in [0.3, 0.4) is 0 Å². The number of carbonyl (C=O) groups excluding carboxylic acids is 1. The third-order valence-corrected chi connectivity index (χ3v) is 3.38. The number of ether oxygens (including phenoxy) is 1. The topological polar surface area (TPSA) is 75.8 Å². The number of hydrogen-bond donors (Lipinski definition) is 2. The van der Waals surface area contributed by atoms with Crippen molar-refractivity contribution in [1.82, 2.24) is 4.90 Å². The second-order valence-electron chi connectivity index (χ2n) is 4.84. The first-order chi connectivity index (χ1) is 9.11. The maximum absolute atomic E-state index is 11.7.